The number of hydrogen-bond acceptors (Lipinski definition) is 3. The van der Waals surface area contributed by atoms with Gasteiger partial charge in [-0.15, -0.1) is 0 Å². The Morgan fingerprint density at radius 3 is 2.15 bits per heavy atom. The lowest BCUT2D eigenvalue weighted by Crippen LogP contribution is -2.10. The number of pyridine rings is 1. The van der Waals surface area contributed by atoms with Gasteiger partial charge in [-0.05, 0) is 41.7 Å². The molecule has 0 spiro atoms. The van der Waals surface area contributed by atoms with Crippen molar-refractivity contribution in [1.29, 1.82) is 0 Å². The predicted molar refractivity (Wildman–Crippen MR) is 80.1 cm³/mol. The molecule has 1 aromatic heterocycles. The third-order valence-electron chi connectivity index (χ3n) is 3.18. The number of ether oxygens (including phenoxy) is 1. The summed E-state index contributed by atoms with van der Waals surface area (Å²) in [5.41, 5.74) is 2.18. The van der Waals surface area contributed by atoms with E-state index in [-0.39, 0.29) is 5.41 Å². The Kier molecular flexibility index (Phi) is 4.09. The normalized spacial score (nSPS) is 13.1. The van der Waals surface area contributed by atoms with Crippen molar-refractivity contribution in [1.82, 2.24) is 4.98 Å². The molecule has 0 aliphatic rings. The van der Waals surface area contributed by atoms with Crippen LogP contribution in [0, 0.1) is 0 Å². The van der Waals surface area contributed by atoms with Gasteiger partial charge in [0.15, 0.2) is 0 Å². The molecule has 2 rings (SSSR count). The van der Waals surface area contributed by atoms with Crippen molar-refractivity contribution in [3.63, 3.8) is 0 Å². The molecule has 0 aliphatic heterocycles. The van der Waals surface area contributed by atoms with Gasteiger partial charge in [0.2, 0.25) is 5.88 Å². The van der Waals surface area contributed by atoms with Crippen LogP contribution in [0.2, 0.25) is 0 Å². The Morgan fingerprint density at radius 1 is 1.05 bits per heavy atom. The first-order chi connectivity index (χ1) is 9.36. The summed E-state index contributed by atoms with van der Waals surface area (Å²) < 4.78 is 5.69. The summed E-state index contributed by atoms with van der Waals surface area (Å²) in [4.78, 5) is 4.18. The topological polar surface area (TPSA) is 42.4 Å². The van der Waals surface area contributed by atoms with Crippen LogP contribution in [-0.2, 0) is 5.41 Å². The number of aliphatic hydroxyl groups is 1. The first-order valence-electron chi connectivity index (χ1n) is 6.79. The van der Waals surface area contributed by atoms with Gasteiger partial charge in [0.25, 0.3) is 0 Å². The summed E-state index contributed by atoms with van der Waals surface area (Å²) in [6.07, 6.45) is 1.12. The van der Waals surface area contributed by atoms with Gasteiger partial charge >= 0.3 is 0 Å². The van der Waals surface area contributed by atoms with Crippen molar-refractivity contribution in [2.24, 2.45) is 0 Å². The SMILES string of the molecule is C[C@H](O)c1ccc(Oc2ccc(C(C)(C)C)cc2)nc1. The minimum atomic E-state index is -0.511. The van der Waals surface area contributed by atoms with E-state index in [0.717, 1.165) is 11.3 Å². The Balaban J connectivity index is 2.10. The van der Waals surface area contributed by atoms with E-state index < -0.39 is 6.10 Å². The van der Waals surface area contributed by atoms with Gasteiger partial charge in [-0.2, -0.15) is 0 Å². The maximum atomic E-state index is 9.43. The number of nitrogens with zero attached hydrogens (tertiary/aromatic N) is 1. The van der Waals surface area contributed by atoms with Gasteiger partial charge in [-0.1, -0.05) is 32.9 Å². The maximum Gasteiger partial charge on any atom is 0.219 e. The molecule has 0 saturated carbocycles. The van der Waals surface area contributed by atoms with Crippen LogP contribution in [0.3, 0.4) is 0 Å². The van der Waals surface area contributed by atoms with E-state index in [1.165, 1.54) is 5.56 Å². The lowest BCUT2D eigenvalue weighted by molar-refractivity contribution is 0.198. The van der Waals surface area contributed by atoms with Crippen molar-refractivity contribution >= 4 is 0 Å². The summed E-state index contributed by atoms with van der Waals surface area (Å²) >= 11 is 0. The largest absolute Gasteiger partial charge is 0.439 e. The molecule has 0 saturated heterocycles. The molecule has 1 aromatic carbocycles. The molecule has 0 fully saturated rings. The van der Waals surface area contributed by atoms with Crippen LogP contribution in [0.15, 0.2) is 42.6 Å². The van der Waals surface area contributed by atoms with Crippen LogP contribution in [-0.4, -0.2) is 10.1 Å². The van der Waals surface area contributed by atoms with Crippen LogP contribution in [0.25, 0.3) is 0 Å². The second-order valence-corrected chi connectivity index (χ2v) is 5.98. The highest BCUT2D eigenvalue weighted by Gasteiger charge is 2.13. The monoisotopic (exact) mass is 271 g/mol. The van der Waals surface area contributed by atoms with Crippen molar-refractivity contribution in [2.75, 3.05) is 0 Å². The zero-order valence-corrected chi connectivity index (χ0v) is 12.4. The van der Waals surface area contributed by atoms with Crippen molar-refractivity contribution < 1.29 is 9.84 Å². The van der Waals surface area contributed by atoms with E-state index in [2.05, 4.69) is 37.9 Å². The predicted octanol–water partition coefficient (Wildman–Crippen LogP) is 4.22. The zero-order chi connectivity index (χ0) is 14.8. The second kappa shape index (κ2) is 5.63. The van der Waals surface area contributed by atoms with Gasteiger partial charge in [0, 0.05) is 12.3 Å². The Labute approximate surface area is 120 Å². The summed E-state index contributed by atoms with van der Waals surface area (Å²) in [5, 5.41) is 9.43. The third kappa shape index (κ3) is 3.58. The zero-order valence-electron chi connectivity index (χ0n) is 12.4. The lowest BCUT2D eigenvalue weighted by Gasteiger charge is -2.19. The molecule has 0 radical (unpaired) electrons. The van der Waals surface area contributed by atoms with E-state index in [9.17, 15) is 5.11 Å². The number of benzene rings is 1. The smallest absolute Gasteiger partial charge is 0.219 e. The quantitative estimate of drug-likeness (QED) is 0.908. The van der Waals surface area contributed by atoms with Crippen molar-refractivity contribution in [3.05, 3.63) is 53.7 Å². The second-order valence-electron chi connectivity index (χ2n) is 5.98. The molecular formula is C17H21NO2. The molecule has 3 nitrogen and oxygen atoms in total. The maximum absolute atomic E-state index is 9.43. The Bertz CT molecular complexity index is 551. The number of aromatic nitrogens is 1. The van der Waals surface area contributed by atoms with Crippen LogP contribution in [0.4, 0.5) is 0 Å². The van der Waals surface area contributed by atoms with Crippen molar-refractivity contribution in [2.45, 2.75) is 39.2 Å². The first kappa shape index (κ1) is 14.5. The molecule has 0 aliphatic carbocycles. The fraction of sp³-hybridized carbons (Fsp3) is 0.353. The lowest BCUT2D eigenvalue weighted by atomic mass is 9.87. The Morgan fingerprint density at radius 2 is 1.70 bits per heavy atom. The summed E-state index contributed by atoms with van der Waals surface area (Å²) in [7, 11) is 0. The van der Waals surface area contributed by atoms with Crippen LogP contribution in [0.5, 0.6) is 11.6 Å². The number of aliphatic hydroxyl groups excluding tert-OH is 1. The van der Waals surface area contributed by atoms with Gasteiger partial charge < -0.3 is 9.84 Å². The molecule has 2 aromatic rings. The minimum Gasteiger partial charge on any atom is -0.439 e. The molecule has 1 heterocycles. The highest BCUT2D eigenvalue weighted by molar-refractivity contribution is 5.33. The highest BCUT2D eigenvalue weighted by Crippen LogP contribution is 2.26. The van der Waals surface area contributed by atoms with Gasteiger partial charge in [0.05, 0.1) is 6.10 Å². The third-order valence-corrected chi connectivity index (χ3v) is 3.18. The molecule has 1 N–H and O–H groups in total. The Hall–Kier alpha value is -1.87. The molecule has 0 unspecified atom stereocenters. The van der Waals surface area contributed by atoms with Gasteiger partial charge in [-0.25, -0.2) is 4.98 Å². The molecule has 0 amide bonds. The molecular weight excluding hydrogens is 250 g/mol. The molecule has 1 atom stereocenters. The van der Waals surface area contributed by atoms with E-state index in [0.29, 0.717) is 5.88 Å². The fourth-order valence-electron chi connectivity index (χ4n) is 1.84. The molecule has 0 bridgehead atoms. The first-order valence-corrected chi connectivity index (χ1v) is 6.79. The van der Waals surface area contributed by atoms with Crippen molar-refractivity contribution in [3.8, 4) is 11.6 Å². The summed E-state index contributed by atoms with van der Waals surface area (Å²) in [5.74, 6) is 1.29. The molecule has 106 valence electrons. The van der Waals surface area contributed by atoms with Gasteiger partial charge in [0.1, 0.15) is 5.75 Å². The van der Waals surface area contributed by atoms with Crippen LogP contribution >= 0.6 is 0 Å². The average molecular weight is 271 g/mol. The number of rotatable bonds is 3. The van der Waals surface area contributed by atoms with E-state index in [1.54, 1.807) is 19.2 Å². The number of hydrogen-bond donors (Lipinski definition) is 1. The van der Waals surface area contributed by atoms with Gasteiger partial charge in [-0.3, -0.25) is 0 Å². The summed E-state index contributed by atoms with van der Waals surface area (Å²) in [6, 6.07) is 11.6. The van der Waals surface area contributed by atoms with E-state index in [4.69, 9.17) is 4.74 Å². The average Bonchev–Trinajstić information content (AvgIpc) is 2.39. The fourth-order valence-corrected chi connectivity index (χ4v) is 1.84. The molecule has 3 heteroatoms. The van der Waals surface area contributed by atoms with Crippen LogP contribution in [0.1, 0.15) is 44.9 Å². The van der Waals surface area contributed by atoms with E-state index >= 15 is 0 Å². The highest BCUT2D eigenvalue weighted by atomic mass is 16.5. The minimum absolute atomic E-state index is 0.135. The standard InChI is InChI=1S/C17H21NO2/c1-12(19)13-5-10-16(18-11-13)20-15-8-6-14(7-9-15)17(2,3)4/h5-12,19H,1-4H3/t12-/m0/s1. The van der Waals surface area contributed by atoms with E-state index in [1.807, 2.05) is 18.2 Å². The summed E-state index contributed by atoms with van der Waals surface area (Å²) in [6.45, 7) is 8.25. The van der Waals surface area contributed by atoms with Crippen LogP contribution < -0.4 is 4.74 Å². The molecule has 20 heavy (non-hydrogen) atoms.